The summed E-state index contributed by atoms with van der Waals surface area (Å²) in [6.45, 7) is 3.56. The predicted octanol–water partition coefficient (Wildman–Crippen LogP) is 0.626. The van der Waals surface area contributed by atoms with Crippen molar-refractivity contribution >= 4 is 15.7 Å². The van der Waals surface area contributed by atoms with E-state index in [1.54, 1.807) is 19.9 Å². The quantitative estimate of drug-likeness (QED) is 0.675. The van der Waals surface area contributed by atoms with Crippen LogP contribution >= 0.6 is 0 Å². The fraction of sp³-hybridized carbons (Fsp3) is 0.455. The molecule has 6 heteroatoms. The molecule has 1 aromatic carbocycles. The first-order chi connectivity index (χ1) is 7.85. The maximum absolute atomic E-state index is 11.9. The van der Waals surface area contributed by atoms with E-state index in [1.807, 2.05) is 0 Å². The van der Waals surface area contributed by atoms with Gasteiger partial charge in [0.25, 0.3) is 0 Å². The van der Waals surface area contributed by atoms with Crippen LogP contribution in [-0.4, -0.2) is 26.2 Å². The van der Waals surface area contributed by atoms with Crippen LogP contribution in [0.15, 0.2) is 23.1 Å². The lowest BCUT2D eigenvalue weighted by molar-refractivity contribution is 0.174. The molecule has 0 aliphatic heterocycles. The molecule has 0 fully saturated rings. The van der Waals surface area contributed by atoms with Gasteiger partial charge in [-0.1, -0.05) is 6.92 Å². The van der Waals surface area contributed by atoms with Crippen molar-refractivity contribution in [2.75, 3.05) is 12.3 Å². The van der Waals surface area contributed by atoms with Crippen LogP contribution in [0.5, 0.6) is 0 Å². The van der Waals surface area contributed by atoms with Crippen LogP contribution in [0.25, 0.3) is 0 Å². The molecule has 96 valence electrons. The Morgan fingerprint density at radius 1 is 1.41 bits per heavy atom. The normalized spacial score (nSPS) is 13.6. The summed E-state index contributed by atoms with van der Waals surface area (Å²) in [5.74, 6) is 0. The second kappa shape index (κ2) is 5.48. The summed E-state index contributed by atoms with van der Waals surface area (Å²) in [7, 11) is -3.60. The highest BCUT2D eigenvalue weighted by Crippen LogP contribution is 2.16. The van der Waals surface area contributed by atoms with Gasteiger partial charge < -0.3 is 10.8 Å². The molecular weight excluding hydrogens is 240 g/mol. The molecule has 1 unspecified atom stereocenters. The molecule has 17 heavy (non-hydrogen) atoms. The highest BCUT2D eigenvalue weighted by atomic mass is 32.2. The Morgan fingerprint density at radius 3 is 2.59 bits per heavy atom. The molecule has 4 N–H and O–H groups in total. The molecule has 0 aromatic heterocycles. The molecule has 0 heterocycles. The maximum atomic E-state index is 11.9. The fourth-order valence-electron chi connectivity index (χ4n) is 1.37. The zero-order chi connectivity index (χ0) is 13.1. The molecule has 0 amide bonds. The minimum absolute atomic E-state index is 0.00663. The lowest BCUT2D eigenvalue weighted by atomic mass is 10.2. The van der Waals surface area contributed by atoms with Crippen molar-refractivity contribution in [2.24, 2.45) is 0 Å². The number of nitrogen functional groups attached to an aromatic ring is 1. The number of rotatable bonds is 5. The van der Waals surface area contributed by atoms with E-state index in [2.05, 4.69) is 4.72 Å². The van der Waals surface area contributed by atoms with Crippen molar-refractivity contribution in [3.8, 4) is 0 Å². The van der Waals surface area contributed by atoms with Gasteiger partial charge in [0.2, 0.25) is 10.0 Å². The summed E-state index contributed by atoms with van der Waals surface area (Å²) in [5.41, 5.74) is 6.78. The van der Waals surface area contributed by atoms with Gasteiger partial charge in [0.1, 0.15) is 0 Å². The summed E-state index contributed by atoms with van der Waals surface area (Å²) < 4.78 is 26.1. The van der Waals surface area contributed by atoms with Gasteiger partial charge in [0.05, 0.1) is 11.0 Å². The fourth-order valence-corrected chi connectivity index (χ4v) is 2.58. The van der Waals surface area contributed by atoms with Crippen LogP contribution in [0.3, 0.4) is 0 Å². The average Bonchev–Trinajstić information content (AvgIpc) is 2.24. The van der Waals surface area contributed by atoms with E-state index in [0.717, 1.165) is 5.56 Å². The summed E-state index contributed by atoms with van der Waals surface area (Å²) in [6.07, 6.45) is -0.176. The number of aryl methyl sites for hydroxylation is 1. The van der Waals surface area contributed by atoms with Gasteiger partial charge in [0, 0.05) is 12.2 Å². The molecule has 5 nitrogen and oxygen atoms in total. The first-order valence-corrected chi connectivity index (χ1v) is 6.88. The van der Waals surface area contributed by atoms with E-state index >= 15 is 0 Å². The van der Waals surface area contributed by atoms with Gasteiger partial charge in [-0.05, 0) is 37.1 Å². The first-order valence-electron chi connectivity index (χ1n) is 5.40. The standard InChI is InChI=1S/C11H18N2O3S/c1-3-10(14)7-13-17(15,16)11-5-8(2)4-9(12)6-11/h4-6,10,13-14H,3,7,12H2,1-2H3. The Bertz CT molecular complexity index is 465. The minimum atomic E-state index is -3.60. The number of sulfonamides is 1. The van der Waals surface area contributed by atoms with Crippen molar-refractivity contribution in [1.82, 2.24) is 4.72 Å². The van der Waals surface area contributed by atoms with Crippen LogP contribution in [0.4, 0.5) is 5.69 Å². The summed E-state index contributed by atoms with van der Waals surface area (Å²) >= 11 is 0. The van der Waals surface area contributed by atoms with Crippen LogP contribution in [0.2, 0.25) is 0 Å². The molecule has 0 aliphatic carbocycles. The molecular formula is C11H18N2O3S. The minimum Gasteiger partial charge on any atom is -0.399 e. The Hall–Kier alpha value is -1.11. The summed E-state index contributed by atoms with van der Waals surface area (Å²) in [5, 5.41) is 9.33. The number of nitrogens with two attached hydrogens (primary N) is 1. The smallest absolute Gasteiger partial charge is 0.240 e. The van der Waals surface area contributed by atoms with Gasteiger partial charge in [-0.2, -0.15) is 0 Å². The molecule has 1 aromatic rings. The second-order valence-electron chi connectivity index (χ2n) is 3.99. The number of hydrogen-bond donors (Lipinski definition) is 3. The topological polar surface area (TPSA) is 92.4 Å². The zero-order valence-corrected chi connectivity index (χ0v) is 10.8. The number of nitrogens with one attached hydrogen (secondary N) is 1. The van der Waals surface area contributed by atoms with Gasteiger partial charge in [0.15, 0.2) is 0 Å². The highest BCUT2D eigenvalue weighted by Gasteiger charge is 2.15. The zero-order valence-electron chi connectivity index (χ0n) is 9.97. The molecule has 0 spiro atoms. The van der Waals surface area contributed by atoms with Crippen molar-refractivity contribution in [3.63, 3.8) is 0 Å². The number of hydrogen-bond acceptors (Lipinski definition) is 4. The molecule has 0 saturated carbocycles. The third kappa shape index (κ3) is 3.99. The van der Waals surface area contributed by atoms with Crippen molar-refractivity contribution in [2.45, 2.75) is 31.3 Å². The van der Waals surface area contributed by atoms with E-state index in [0.29, 0.717) is 12.1 Å². The number of aliphatic hydroxyl groups is 1. The third-order valence-corrected chi connectivity index (χ3v) is 3.77. The SMILES string of the molecule is CCC(O)CNS(=O)(=O)c1cc(C)cc(N)c1. The summed E-state index contributed by atoms with van der Waals surface area (Å²) in [6, 6.07) is 4.63. The Labute approximate surface area is 102 Å². The van der Waals surface area contributed by atoms with Gasteiger partial charge >= 0.3 is 0 Å². The van der Waals surface area contributed by atoms with Crippen LogP contribution in [0, 0.1) is 6.92 Å². The van der Waals surface area contributed by atoms with E-state index in [9.17, 15) is 13.5 Å². The molecule has 0 bridgehead atoms. The van der Waals surface area contributed by atoms with Gasteiger partial charge in [-0.3, -0.25) is 0 Å². The highest BCUT2D eigenvalue weighted by molar-refractivity contribution is 7.89. The monoisotopic (exact) mass is 258 g/mol. The molecule has 1 atom stereocenters. The van der Waals surface area contributed by atoms with Crippen LogP contribution in [-0.2, 0) is 10.0 Å². The van der Waals surface area contributed by atoms with Crippen LogP contribution in [0.1, 0.15) is 18.9 Å². The van der Waals surface area contributed by atoms with E-state index in [-0.39, 0.29) is 11.4 Å². The molecule has 0 aliphatic rings. The van der Waals surface area contributed by atoms with Crippen molar-refractivity contribution in [3.05, 3.63) is 23.8 Å². The van der Waals surface area contributed by atoms with E-state index in [1.165, 1.54) is 12.1 Å². The lowest BCUT2D eigenvalue weighted by Crippen LogP contribution is -2.31. The van der Waals surface area contributed by atoms with Crippen molar-refractivity contribution in [1.29, 1.82) is 0 Å². The summed E-state index contributed by atoms with van der Waals surface area (Å²) in [4.78, 5) is 0.123. The number of aliphatic hydroxyl groups excluding tert-OH is 1. The van der Waals surface area contributed by atoms with Gasteiger partial charge in [-0.25, -0.2) is 13.1 Å². The number of anilines is 1. The molecule has 0 saturated heterocycles. The maximum Gasteiger partial charge on any atom is 0.240 e. The predicted molar refractivity (Wildman–Crippen MR) is 67.1 cm³/mol. The Morgan fingerprint density at radius 2 is 2.06 bits per heavy atom. The Balaban J connectivity index is 2.89. The Kier molecular flexibility index (Phi) is 4.50. The molecule has 0 radical (unpaired) electrons. The largest absolute Gasteiger partial charge is 0.399 e. The molecule has 1 rings (SSSR count). The van der Waals surface area contributed by atoms with E-state index in [4.69, 9.17) is 5.73 Å². The average molecular weight is 258 g/mol. The third-order valence-electron chi connectivity index (χ3n) is 2.36. The van der Waals surface area contributed by atoms with Gasteiger partial charge in [-0.15, -0.1) is 0 Å². The lowest BCUT2D eigenvalue weighted by Gasteiger charge is -2.11. The first kappa shape index (κ1) is 14.0. The van der Waals surface area contributed by atoms with E-state index < -0.39 is 16.1 Å². The van der Waals surface area contributed by atoms with Crippen molar-refractivity contribution < 1.29 is 13.5 Å². The van der Waals surface area contributed by atoms with Crippen LogP contribution < -0.4 is 10.5 Å². The second-order valence-corrected chi connectivity index (χ2v) is 5.76. The number of benzene rings is 1.